The lowest BCUT2D eigenvalue weighted by Gasteiger charge is -2.29. The van der Waals surface area contributed by atoms with Crippen LogP contribution in [0.4, 0.5) is 4.79 Å². The van der Waals surface area contributed by atoms with Crippen molar-refractivity contribution < 1.29 is 23.9 Å². The summed E-state index contributed by atoms with van der Waals surface area (Å²) in [7, 11) is 0. The molecule has 2 aliphatic rings. The monoisotopic (exact) mass is 760 g/mol. The van der Waals surface area contributed by atoms with Crippen LogP contribution in [0, 0.1) is 5.92 Å². The van der Waals surface area contributed by atoms with Gasteiger partial charge in [-0.2, -0.15) is 0 Å². The van der Waals surface area contributed by atoms with Crippen molar-refractivity contribution in [1.29, 1.82) is 0 Å². The highest BCUT2D eigenvalue weighted by atomic mass is 16.6. The summed E-state index contributed by atoms with van der Waals surface area (Å²) in [4.78, 5) is 79.4. The van der Waals surface area contributed by atoms with Gasteiger partial charge in [-0.25, -0.2) is 19.7 Å². The molecule has 2 aliphatic heterocycles. The number of nitrogens with one attached hydrogen (secondary N) is 3. The third-order valence-electron chi connectivity index (χ3n) is 11.0. The van der Waals surface area contributed by atoms with E-state index in [0.29, 0.717) is 31.8 Å². The maximum Gasteiger partial charge on any atom is 0.405 e. The van der Waals surface area contributed by atoms with Gasteiger partial charge in [0.05, 0.1) is 58.8 Å². The Bertz CT molecular complexity index is 2230. The first-order valence-electron chi connectivity index (χ1n) is 19.4. The molecule has 1 unspecified atom stereocenters. The first kappa shape index (κ1) is 38.2. The zero-order chi connectivity index (χ0) is 39.5. The predicted octanol–water partition coefficient (Wildman–Crippen LogP) is 5.83. The molecule has 0 bridgehead atoms. The molecule has 15 nitrogen and oxygen atoms in total. The van der Waals surface area contributed by atoms with Crippen LogP contribution in [0.5, 0.6) is 0 Å². The number of H-pyrrole nitrogens is 2. The van der Waals surface area contributed by atoms with E-state index in [0.717, 1.165) is 76.3 Å². The average Bonchev–Trinajstić information content (AvgIpc) is 4.04. The van der Waals surface area contributed by atoms with Crippen LogP contribution in [0.25, 0.3) is 44.8 Å². The highest BCUT2D eigenvalue weighted by Gasteiger charge is 2.39. The Hall–Kier alpha value is -6.12. The second-order valence-corrected chi connectivity index (χ2v) is 14.7. The molecule has 5 heterocycles. The molecule has 7 rings (SSSR count). The summed E-state index contributed by atoms with van der Waals surface area (Å²) in [5.41, 5.74) is 11.9. The SMILES string of the molecule is CCC(C)[C@H](OC(N)=O)C(=O)N1CCC[C@H]1c1ncc(-c2ccc(-c3cnc4cc(-c5cnc([C@@H]6CCCN6C(=O)[C@@H](CC)NC(C)=O)[nH]5)ccc4n3)cc2)[nH]1. The van der Waals surface area contributed by atoms with Gasteiger partial charge in [-0.05, 0) is 56.2 Å². The topological polar surface area (TPSA) is 205 Å². The molecule has 56 heavy (non-hydrogen) atoms. The summed E-state index contributed by atoms with van der Waals surface area (Å²) in [6.45, 7) is 8.31. The summed E-state index contributed by atoms with van der Waals surface area (Å²) in [6.07, 6.45) is 7.82. The third-order valence-corrected chi connectivity index (χ3v) is 11.0. The molecule has 4 amide bonds. The van der Waals surface area contributed by atoms with Crippen LogP contribution in [-0.2, 0) is 19.1 Å². The van der Waals surface area contributed by atoms with Crippen molar-refractivity contribution in [3.63, 3.8) is 0 Å². The number of nitrogens with zero attached hydrogens (tertiary/aromatic N) is 6. The number of primary amides is 1. The molecule has 0 spiro atoms. The largest absolute Gasteiger partial charge is 0.436 e. The Labute approximate surface area is 324 Å². The Morgan fingerprint density at radius 1 is 0.804 bits per heavy atom. The second-order valence-electron chi connectivity index (χ2n) is 14.7. The molecule has 2 fully saturated rings. The number of amides is 4. The lowest BCUT2D eigenvalue weighted by molar-refractivity contribution is -0.144. The molecule has 3 aromatic heterocycles. The number of hydrogen-bond donors (Lipinski definition) is 4. The van der Waals surface area contributed by atoms with Crippen molar-refractivity contribution in [2.45, 2.75) is 90.4 Å². The molecule has 5 atom stereocenters. The van der Waals surface area contributed by atoms with E-state index in [-0.39, 0.29) is 35.7 Å². The maximum absolute atomic E-state index is 13.5. The van der Waals surface area contributed by atoms with E-state index in [4.69, 9.17) is 20.4 Å². The molecular formula is C41H48N10O5. The number of hydrogen-bond acceptors (Lipinski definition) is 9. The van der Waals surface area contributed by atoms with Crippen LogP contribution in [0.2, 0.25) is 0 Å². The van der Waals surface area contributed by atoms with Gasteiger partial charge >= 0.3 is 6.09 Å². The molecule has 15 heteroatoms. The van der Waals surface area contributed by atoms with Crippen molar-refractivity contribution in [2.75, 3.05) is 13.1 Å². The summed E-state index contributed by atoms with van der Waals surface area (Å²) >= 11 is 0. The van der Waals surface area contributed by atoms with Crippen molar-refractivity contribution in [3.8, 4) is 33.8 Å². The van der Waals surface area contributed by atoms with Gasteiger partial charge in [0.1, 0.15) is 17.7 Å². The quantitative estimate of drug-likeness (QED) is 0.121. The van der Waals surface area contributed by atoms with Crippen LogP contribution in [0.15, 0.2) is 61.1 Å². The van der Waals surface area contributed by atoms with Gasteiger partial charge in [-0.1, -0.05) is 51.1 Å². The first-order valence-corrected chi connectivity index (χ1v) is 19.4. The van der Waals surface area contributed by atoms with Gasteiger partial charge in [0.2, 0.25) is 11.8 Å². The fraction of sp³-hybridized carbons (Fsp3) is 0.415. The van der Waals surface area contributed by atoms with Crippen LogP contribution in [0.1, 0.15) is 90.0 Å². The Kier molecular flexibility index (Phi) is 11.1. The van der Waals surface area contributed by atoms with Gasteiger partial charge in [0.25, 0.3) is 5.91 Å². The zero-order valence-corrected chi connectivity index (χ0v) is 32.1. The van der Waals surface area contributed by atoms with Crippen molar-refractivity contribution in [2.24, 2.45) is 11.7 Å². The number of rotatable bonds is 12. The maximum atomic E-state index is 13.5. The highest BCUT2D eigenvalue weighted by Crippen LogP contribution is 2.35. The van der Waals surface area contributed by atoms with Gasteiger partial charge < -0.3 is 35.6 Å². The summed E-state index contributed by atoms with van der Waals surface area (Å²) in [5, 5.41) is 2.77. The number of ether oxygens (including phenoxy) is 1. The molecule has 292 valence electrons. The van der Waals surface area contributed by atoms with E-state index in [1.807, 2.05) is 68.1 Å². The van der Waals surface area contributed by atoms with Gasteiger partial charge in [-0.15, -0.1) is 0 Å². The van der Waals surface area contributed by atoms with E-state index in [2.05, 4.69) is 25.3 Å². The molecule has 2 saturated heterocycles. The van der Waals surface area contributed by atoms with Crippen molar-refractivity contribution in [1.82, 2.24) is 45.0 Å². The highest BCUT2D eigenvalue weighted by molar-refractivity contribution is 5.87. The van der Waals surface area contributed by atoms with Crippen molar-refractivity contribution >= 4 is 34.8 Å². The lowest BCUT2D eigenvalue weighted by atomic mass is 10.00. The van der Waals surface area contributed by atoms with Gasteiger partial charge in [0.15, 0.2) is 6.10 Å². The van der Waals surface area contributed by atoms with E-state index in [1.54, 1.807) is 23.5 Å². The summed E-state index contributed by atoms with van der Waals surface area (Å²) in [5.74, 6) is 0.673. The Balaban J connectivity index is 1.03. The van der Waals surface area contributed by atoms with Crippen LogP contribution in [-0.4, -0.2) is 88.8 Å². The summed E-state index contributed by atoms with van der Waals surface area (Å²) in [6, 6.07) is 12.9. The number of carbonyl (C=O) groups is 4. The average molecular weight is 761 g/mol. The minimum atomic E-state index is -0.956. The summed E-state index contributed by atoms with van der Waals surface area (Å²) < 4.78 is 5.26. The Morgan fingerprint density at radius 2 is 1.39 bits per heavy atom. The van der Waals surface area contributed by atoms with Crippen LogP contribution < -0.4 is 11.1 Å². The standard InChI is InChI=1S/C41H48N10O5/c1-5-23(3)36(56-41(42)55)40(54)51-18-8-10-35(51)38-44-21-32(48-38)26-13-11-25(12-14-26)31-20-43-30-19-27(15-16-29(30)47-31)33-22-45-37(49-33)34-9-7-17-50(34)39(53)28(6-2)46-24(4)52/h11-16,19-23,28,34-36H,5-10,17-18H2,1-4H3,(H2,42,55)(H,44,48)(H,45,49)(H,46,52)/t23?,28-,34+,35+,36+/m1/s1. The van der Waals surface area contributed by atoms with E-state index >= 15 is 0 Å². The number of imidazole rings is 2. The first-order chi connectivity index (χ1) is 27.0. The molecule has 5 aromatic rings. The number of carbonyl (C=O) groups excluding carboxylic acids is 4. The number of benzene rings is 2. The Morgan fingerprint density at radius 3 is 1.98 bits per heavy atom. The number of aromatic nitrogens is 6. The normalized spacial score (nSPS) is 18.5. The third kappa shape index (κ3) is 7.84. The number of aromatic amines is 2. The predicted molar refractivity (Wildman–Crippen MR) is 209 cm³/mol. The molecule has 2 aromatic carbocycles. The zero-order valence-electron chi connectivity index (χ0n) is 32.1. The smallest absolute Gasteiger partial charge is 0.405 e. The molecule has 5 N–H and O–H groups in total. The van der Waals surface area contributed by atoms with Gasteiger partial charge in [-0.3, -0.25) is 19.4 Å². The minimum absolute atomic E-state index is 0.0861. The molecule has 0 saturated carbocycles. The van der Waals surface area contributed by atoms with E-state index in [9.17, 15) is 19.2 Å². The second kappa shape index (κ2) is 16.3. The molecule has 0 radical (unpaired) electrons. The van der Waals surface area contributed by atoms with Gasteiger partial charge in [0, 0.05) is 37.1 Å². The lowest BCUT2D eigenvalue weighted by Crippen LogP contribution is -2.47. The number of likely N-dealkylation sites (tertiary alicyclic amines) is 2. The molecule has 0 aliphatic carbocycles. The fourth-order valence-electron chi connectivity index (χ4n) is 7.77. The van der Waals surface area contributed by atoms with Crippen LogP contribution >= 0.6 is 0 Å². The van der Waals surface area contributed by atoms with Crippen molar-refractivity contribution in [3.05, 3.63) is 72.7 Å². The molecular weight excluding hydrogens is 713 g/mol. The van der Waals surface area contributed by atoms with E-state index in [1.165, 1.54) is 6.92 Å². The fourth-order valence-corrected chi connectivity index (χ4v) is 7.77. The number of fused-ring (bicyclic) bond motifs is 1. The van der Waals surface area contributed by atoms with Crippen LogP contribution in [0.3, 0.4) is 0 Å². The number of nitrogens with two attached hydrogens (primary N) is 1. The van der Waals surface area contributed by atoms with E-state index < -0.39 is 18.2 Å². The minimum Gasteiger partial charge on any atom is -0.436 e.